The van der Waals surface area contributed by atoms with Gasteiger partial charge in [-0.3, -0.25) is 24.4 Å². The maximum Gasteiger partial charge on any atom is 0.311 e. The summed E-state index contributed by atoms with van der Waals surface area (Å²) in [5.41, 5.74) is 0.649. The molecule has 0 aliphatic rings. The first kappa shape index (κ1) is 19.9. The Hall–Kier alpha value is -3.88. The van der Waals surface area contributed by atoms with Crippen molar-refractivity contribution in [1.82, 2.24) is 9.36 Å². The highest BCUT2D eigenvalue weighted by atomic mass is 16.6. The number of ether oxygens (including phenoxy) is 1. The first-order valence-electron chi connectivity index (χ1n) is 8.91. The van der Waals surface area contributed by atoms with Gasteiger partial charge in [0.15, 0.2) is 5.75 Å². The zero-order valence-corrected chi connectivity index (χ0v) is 16.2. The number of carbonyl (C=O) groups is 1. The second-order valence-electron chi connectivity index (χ2n) is 6.26. The summed E-state index contributed by atoms with van der Waals surface area (Å²) in [7, 11) is 1.71. The molecule has 0 atom stereocenters. The van der Waals surface area contributed by atoms with Gasteiger partial charge in [-0.15, -0.1) is 0 Å². The molecular weight excluding hydrogens is 376 g/mol. The molecule has 0 radical (unpaired) electrons. The number of nitrogens with zero attached hydrogens (tertiary/aromatic N) is 3. The third-order valence-corrected chi connectivity index (χ3v) is 4.51. The standard InChI is InChI=1S/C20H20N4O5/c1-4-29-17-11-10-14(12-16(17)24(27)28)19(25)21-18-13(2)22(3)23(20(18)26)15-8-6-5-7-9-15/h5-12H,4H2,1-3H3,(H,21,25). The van der Waals surface area contributed by atoms with E-state index in [1.54, 1.807) is 49.8 Å². The Labute approximate surface area is 166 Å². The van der Waals surface area contributed by atoms with E-state index in [1.165, 1.54) is 16.8 Å². The van der Waals surface area contributed by atoms with Gasteiger partial charge in [0, 0.05) is 18.7 Å². The number of nitro groups is 1. The summed E-state index contributed by atoms with van der Waals surface area (Å²) >= 11 is 0. The molecule has 3 aromatic rings. The van der Waals surface area contributed by atoms with Crippen molar-refractivity contribution in [3.05, 3.63) is 80.3 Å². The highest BCUT2D eigenvalue weighted by Crippen LogP contribution is 2.28. The fourth-order valence-corrected chi connectivity index (χ4v) is 2.98. The van der Waals surface area contributed by atoms with Crippen LogP contribution in [-0.2, 0) is 7.05 Å². The first-order chi connectivity index (χ1) is 13.8. The van der Waals surface area contributed by atoms with Crippen LogP contribution < -0.4 is 15.6 Å². The van der Waals surface area contributed by atoms with Gasteiger partial charge >= 0.3 is 5.69 Å². The Kier molecular flexibility index (Phi) is 5.49. The number of rotatable bonds is 6. The van der Waals surface area contributed by atoms with Gasteiger partial charge in [0.2, 0.25) is 0 Å². The second-order valence-corrected chi connectivity index (χ2v) is 6.26. The molecule has 0 aliphatic heterocycles. The lowest BCUT2D eigenvalue weighted by Crippen LogP contribution is -2.23. The van der Waals surface area contributed by atoms with Crippen molar-refractivity contribution in [3.8, 4) is 11.4 Å². The summed E-state index contributed by atoms with van der Waals surface area (Å²) in [6.07, 6.45) is 0. The molecule has 150 valence electrons. The maximum absolute atomic E-state index is 12.9. The Morgan fingerprint density at radius 3 is 2.52 bits per heavy atom. The number of aromatic nitrogens is 2. The first-order valence-corrected chi connectivity index (χ1v) is 8.91. The zero-order valence-electron chi connectivity index (χ0n) is 16.2. The van der Waals surface area contributed by atoms with E-state index < -0.39 is 16.4 Å². The van der Waals surface area contributed by atoms with Crippen LogP contribution in [0.2, 0.25) is 0 Å². The third kappa shape index (κ3) is 3.75. The summed E-state index contributed by atoms with van der Waals surface area (Å²) in [6, 6.07) is 12.9. The van der Waals surface area contributed by atoms with Gasteiger partial charge in [-0.05, 0) is 38.1 Å². The zero-order chi connectivity index (χ0) is 21.1. The SMILES string of the molecule is CCOc1ccc(C(=O)Nc2c(C)n(C)n(-c3ccccc3)c2=O)cc1[N+](=O)[O-]. The van der Waals surface area contributed by atoms with Crippen LogP contribution in [0.25, 0.3) is 5.69 Å². The molecule has 1 heterocycles. The Morgan fingerprint density at radius 1 is 1.21 bits per heavy atom. The van der Waals surface area contributed by atoms with Gasteiger partial charge < -0.3 is 10.1 Å². The van der Waals surface area contributed by atoms with Gasteiger partial charge in [-0.1, -0.05) is 18.2 Å². The Bertz CT molecular complexity index is 1130. The van der Waals surface area contributed by atoms with E-state index in [-0.39, 0.29) is 29.3 Å². The van der Waals surface area contributed by atoms with Crippen LogP contribution in [0, 0.1) is 17.0 Å². The van der Waals surface area contributed by atoms with Crippen molar-refractivity contribution in [2.75, 3.05) is 11.9 Å². The molecule has 0 aliphatic carbocycles. The smallest absolute Gasteiger partial charge is 0.311 e. The topological polar surface area (TPSA) is 108 Å². The summed E-state index contributed by atoms with van der Waals surface area (Å²) in [5, 5.41) is 13.9. The lowest BCUT2D eigenvalue weighted by molar-refractivity contribution is -0.385. The van der Waals surface area contributed by atoms with Crippen molar-refractivity contribution in [3.63, 3.8) is 0 Å². The lowest BCUT2D eigenvalue weighted by Gasteiger charge is -2.07. The minimum Gasteiger partial charge on any atom is -0.487 e. The number of benzene rings is 2. The van der Waals surface area contributed by atoms with Crippen molar-refractivity contribution < 1.29 is 14.5 Å². The molecule has 0 saturated heterocycles. The summed E-state index contributed by atoms with van der Waals surface area (Å²) in [5.74, 6) is -0.543. The fraction of sp³-hybridized carbons (Fsp3) is 0.200. The maximum atomic E-state index is 12.9. The quantitative estimate of drug-likeness (QED) is 0.509. The molecule has 9 nitrogen and oxygen atoms in total. The lowest BCUT2D eigenvalue weighted by atomic mass is 10.1. The Morgan fingerprint density at radius 2 is 1.90 bits per heavy atom. The van der Waals surface area contributed by atoms with Crippen LogP contribution in [0.4, 0.5) is 11.4 Å². The number of amides is 1. The highest BCUT2D eigenvalue weighted by molar-refractivity contribution is 6.05. The van der Waals surface area contributed by atoms with E-state index in [1.807, 2.05) is 6.07 Å². The Balaban J connectivity index is 1.97. The molecule has 0 unspecified atom stereocenters. The molecular formula is C20H20N4O5. The van der Waals surface area contributed by atoms with Crippen LogP contribution in [0.3, 0.4) is 0 Å². The normalized spacial score (nSPS) is 10.6. The fourth-order valence-electron chi connectivity index (χ4n) is 2.98. The van der Waals surface area contributed by atoms with Gasteiger partial charge in [0.05, 0.1) is 22.9 Å². The monoisotopic (exact) mass is 396 g/mol. The molecule has 0 fully saturated rings. The molecule has 0 spiro atoms. The number of carbonyl (C=O) groups excluding carboxylic acids is 1. The summed E-state index contributed by atoms with van der Waals surface area (Å²) in [4.78, 5) is 36.2. The molecule has 1 amide bonds. The van der Waals surface area contributed by atoms with Crippen LogP contribution >= 0.6 is 0 Å². The van der Waals surface area contributed by atoms with Crippen molar-refractivity contribution in [2.24, 2.45) is 7.05 Å². The van der Waals surface area contributed by atoms with Gasteiger partial charge in [0.25, 0.3) is 11.5 Å². The molecule has 29 heavy (non-hydrogen) atoms. The van der Waals surface area contributed by atoms with Crippen LogP contribution in [-0.4, -0.2) is 26.8 Å². The second kappa shape index (κ2) is 8.01. The third-order valence-electron chi connectivity index (χ3n) is 4.51. The van der Waals surface area contributed by atoms with Crippen LogP contribution in [0.1, 0.15) is 23.0 Å². The molecule has 1 N–H and O–H groups in total. The van der Waals surface area contributed by atoms with Crippen LogP contribution in [0.5, 0.6) is 5.75 Å². The number of anilines is 1. The number of hydrogen-bond acceptors (Lipinski definition) is 5. The molecule has 3 rings (SSSR count). The molecule has 2 aromatic carbocycles. The molecule has 1 aromatic heterocycles. The largest absolute Gasteiger partial charge is 0.487 e. The predicted octanol–water partition coefficient (Wildman–Crippen LogP) is 3.04. The van der Waals surface area contributed by atoms with E-state index in [4.69, 9.17) is 4.74 Å². The number of hydrogen-bond donors (Lipinski definition) is 1. The average molecular weight is 396 g/mol. The van der Waals surface area contributed by atoms with Crippen molar-refractivity contribution in [2.45, 2.75) is 13.8 Å². The van der Waals surface area contributed by atoms with Gasteiger partial charge in [0.1, 0.15) is 5.69 Å². The van der Waals surface area contributed by atoms with Crippen LogP contribution in [0.15, 0.2) is 53.3 Å². The van der Waals surface area contributed by atoms with E-state index in [0.717, 1.165) is 6.07 Å². The molecule has 0 saturated carbocycles. The summed E-state index contributed by atoms with van der Waals surface area (Å²) in [6.45, 7) is 3.67. The minimum atomic E-state index is -0.623. The molecule has 9 heteroatoms. The molecule has 0 bridgehead atoms. The van der Waals surface area contributed by atoms with Crippen molar-refractivity contribution >= 4 is 17.3 Å². The predicted molar refractivity (Wildman–Crippen MR) is 108 cm³/mol. The van der Waals surface area contributed by atoms with Gasteiger partial charge in [-0.25, -0.2) is 4.68 Å². The van der Waals surface area contributed by atoms with E-state index in [9.17, 15) is 19.7 Å². The summed E-state index contributed by atoms with van der Waals surface area (Å²) < 4.78 is 8.30. The minimum absolute atomic E-state index is 0.0501. The van der Waals surface area contributed by atoms with E-state index in [0.29, 0.717) is 11.4 Å². The highest BCUT2D eigenvalue weighted by Gasteiger charge is 2.22. The van der Waals surface area contributed by atoms with E-state index >= 15 is 0 Å². The number of nitrogens with one attached hydrogen (secondary N) is 1. The van der Waals surface area contributed by atoms with E-state index in [2.05, 4.69) is 5.32 Å². The van der Waals surface area contributed by atoms with Crippen molar-refractivity contribution in [1.29, 1.82) is 0 Å². The average Bonchev–Trinajstić information content (AvgIpc) is 2.92. The number of para-hydroxylation sites is 1. The van der Waals surface area contributed by atoms with Gasteiger partial charge in [-0.2, -0.15) is 0 Å². The number of nitro benzene ring substituents is 1.